The van der Waals surface area contributed by atoms with Crippen LogP contribution in [0.15, 0.2) is 4.99 Å². The Morgan fingerprint density at radius 2 is 1.93 bits per heavy atom. The molecule has 0 unspecified atom stereocenters. The Labute approximate surface area is 88.1 Å². The van der Waals surface area contributed by atoms with Crippen LogP contribution in [0.25, 0.3) is 0 Å². The van der Waals surface area contributed by atoms with Crippen LogP contribution < -0.4 is 17.2 Å². The van der Waals surface area contributed by atoms with Crippen LogP contribution in [0, 0.1) is 0 Å². The molecule has 0 rings (SSSR count). The first-order valence-electron chi connectivity index (χ1n) is 3.58. The maximum Gasteiger partial charge on any atom is 0.320 e. The molecule has 8 heteroatoms. The average Bonchev–Trinajstić information content (AvgIpc) is 1.97. The van der Waals surface area contributed by atoms with E-state index in [0.717, 1.165) is 0 Å². The van der Waals surface area contributed by atoms with Crippen molar-refractivity contribution in [1.29, 1.82) is 0 Å². The fraction of sp³-hybridized carbons (Fsp3) is 0.667. The van der Waals surface area contributed by atoms with Crippen molar-refractivity contribution in [2.24, 2.45) is 22.2 Å². The highest BCUT2D eigenvalue weighted by Gasteiger charge is 2.09. The van der Waals surface area contributed by atoms with E-state index in [4.69, 9.17) is 22.3 Å². The highest BCUT2D eigenvalue weighted by Crippen LogP contribution is 1.94. The van der Waals surface area contributed by atoms with Crippen molar-refractivity contribution in [3.8, 4) is 0 Å². The predicted molar refractivity (Wildman–Crippen MR) is 56.4 cm³/mol. The molecule has 14 heavy (non-hydrogen) atoms. The zero-order valence-corrected chi connectivity index (χ0v) is 8.46. The number of rotatable bonds is 5. The summed E-state index contributed by atoms with van der Waals surface area (Å²) in [6.45, 7) is 0.420. The van der Waals surface area contributed by atoms with Gasteiger partial charge in [-0.25, -0.2) is 0 Å². The minimum atomic E-state index is -1.00. The fourth-order valence-electron chi connectivity index (χ4n) is 0.643. The molecule has 0 saturated heterocycles. The first-order valence-corrected chi connectivity index (χ1v) is 3.58. The summed E-state index contributed by atoms with van der Waals surface area (Å²) in [6.07, 6.45) is 0.956. The molecule has 0 aromatic heterocycles. The number of aliphatic carboxylic acids is 1. The lowest BCUT2D eigenvalue weighted by atomic mass is 10.2. The third kappa shape index (κ3) is 11.0. The Kier molecular flexibility index (Phi) is 13.4. The van der Waals surface area contributed by atoms with Gasteiger partial charge in [0.25, 0.3) is 0 Å². The lowest BCUT2D eigenvalue weighted by Crippen LogP contribution is -2.30. The summed E-state index contributed by atoms with van der Waals surface area (Å²) in [5.74, 6) is -0.987. The van der Waals surface area contributed by atoms with E-state index in [2.05, 4.69) is 4.99 Å². The average molecular weight is 229 g/mol. The van der Waals surface area contributed by atoms with Gasteiger partial charge in [-0.3, -0.25) is 9.79 Å². The molecule has 86 valence electrons. The van der Waals surface area contributed by atoms with Gasteiger partial charge in [-0.15, -0.1) is 12.4 Å². The van der Waals surface area contributed by atoms with Crippen molar-refractivity contribution in [2.45, 2.75) is 18.9 Å². The predicted octanol–water partition coefficient (Wildman–Crippen LogP) is -1.95. The van der Waals surface area contributed by atoms with Crippen molar-refractivity contribution >= 4 is 24.3 Å². The Morgan fingerprint density at radius 3 is 2.29 bits per heavy atom. The number of nitrogens with two attached hydrogens (primary N) is 3. The second-order valence-corrected chi connectivity index (χ2v) is 2.39. The SMILES string of the molecule is Cl.NC(N)=NCCC[C@@H](N)C(=O)O.O. The second-order valence-electron chi connectivity index (χ2n) is 2.39. The van der Waals surface area contributed by atoms with Gasteiger partial charge in [-0.2, -0.15) is 0 Å². The molecule has 0 aromatic carbocycles. The van der Waals surface area contributed by atoms with Gasteiger partial charge >= 0.3 is 5.97 Å². The van der Waals surface area contributed by atoms with Crippen molar-refractivity contribution in [3.63, 3.8) is 0 Å². The number of aliphatic imine (C=N–C) groups is 1. The topological polar surface area (TPSA) is 159 Å². The highest BCUT2D eigenvalue weighted by atomic mass is 35.5. The van der Waals surface area contributed by atoms with Crippen LogP contribution in [0.5, 0.6) is 0 Å². The number of nitrogens with zero attached hydrogens (tertiary/aromatic N) is 1. The number of carboxylic acids is 1. The summed E-state index contributed by atoms with van der Waals surface area (Å²) >= 11 is 0. The number of carbonyl (C=O) groups is 1. The molecule has 0 spiro atoms. The van der Waals surface area contributed by atoms with Crippen LogP contribution in [0.3, 0.4) is 0 Å². The van der Waals surface area contributed by atoms with Crippen molar-refractivity contribution in [2.75, 3.05) is 6.54 Å². The second kappa shape index (κ2) is 10.0. The van der Waals surface area contributed by atoms with E-state index in [1.54, 1.807) is 0 Å². The Balaban J connectivity index is -0.000000605. The van der Waals surface area contributed by atoms with E-state index >= 15 is 0 Å². The first kappa shape index (κ1) is 18.7. The summed E-state index contributed by atoms with van der Waals surface area (Å²) in [6, 6.07) is -0.820. The van der Waals surface area contributed by atoms with Crippen LogP contribution >= 0.6 is 12.4 Å². The smallest absolute Gasteiger partial charge is 0.320 e. The summed E-state index contributed by atoms with van der Waals surface area (Å²) in [7, 11) is 0. The minimum absolute atomic E-state index is 0. The van der Waals surface area contributed by atoms with E-state index in [0.29, 0.717) is 19.4 Å². The summed E-state index contributed by atoms with van der Waals surface area (Å²) in [5, 5.41) is 8.38. The van der Waals surface area contributed by atoms with Gasteiger partial charge in [0.2, 0.25) is 0 Å². The van der Waals surface area contributed by atoms with Crippen molar-refractivity contribution < 1.29 is 15.4 Å². The zero-order valence-electron chi connectivity index (χ0n) is 7.64. The van der Waals surface area contributed by atoms with E-state index in [9.17, 15) is 4.79 Å². The minimum Gasteiger partial charge on any atom is -0.480 e. The van der Waals surface area contributed by atoms with Gasteiger partial charge in [0.05, 0.1) is 0 Å². The third-order valence-corrected chi connectivity index (χ3v) is 1.28. The van der Waals surface area contributed by atoms with Gasteiger partial charge in [0, 0.05) is 6.54 Å². The van der Waals surface area contributed by atoms with E-state index in [-0.39, 0.29) is 23.8 Å². The van der Waals surface area contributed by atoms with Gasteiger partial charge in [0.1, 0.15) is 6.04 Å². The first-order chi connectivity index (χ1) is 5.54. The lowest BCUT2D eigenvalue weighted by Gasteiger charge is -2.03. The Bertz CT molecular complexity index is 184. The quantitative estimate of drug-likeness (QED) is 0.244. The van der Waals surface area contributed by atoms with Gasteiger partial charge < -0.3 is 27.8 Å². The number of hydrogen-bond acceptors (Lipinski definition) is 3. The Hall–Kier alpha value is -1.05. The van der Waals surface area contributed by atoms with Crippen LogP contribution in [-0.4, -0.2) is 35.1 Å². The highest BCUT2D eigenvalue weighted by molar-refractivity contribution is 5.85. The van der Waals surface area contributed by atoms with E-state index in [1.165, 1.54) is 0 Å². The third-order valence-electron chi connectivity index (χ3n) is 1.28. The van der Waals surface area contributed by atoms with Crippen LogP contribution in [0.2, 0.25) is 0 Å². The van der Waals surface area contributed by atoms with Gasteiger partial charge in [0.15, 0.2) is 5.96 Å². The Morgan fingerprint density at radius 1 is 1.43 bits per heavy atom. The molecule has 0 fully saturated rings. The molecule has 0 aliphatic rings. The number of halogens is 1. The maximum absolute atomic E-state index is 10.2. The van der Waals surface area contributed by atoms with Crippen LogP contribution in [-0.2, 0) is 4.79 Å². The molecule has 0 radical (unpaired) electrons. The summed E-state index contributed by atoms with van der Waals surface area (Å²) in [4.78, 5) is 13.9. The molecular weight excluding hydrogens is 212 g/mol. The summed E-state index contributed by atoms with van der Waals surface area (Å²) in [5.41, 5.74) is 15.3. The standard InChI is InChI=1S/C6H14N4O2.ClH.H2O/c7-4(5(11)12)2-1-3-10-6(8)9;;/h4H,1-3,7H2,(H,11,12)(H4,8,9,10);1H;1H2/t4-;;/m1../s1. The molecule has 0 aliphatic carbocycles. The van der Waals surface area contributed by atoms with E-state index in [1.807, 2.05) is 0 Å². The summed E-state index contributed by atoms with van der Waals surface area (Å²) < 4.78 is 0. The molecule has 7 nitrogen and oxygen atoms in total. The molecule has 0 aromatic rings. The zero-order chi connectivity index (χ0) is 9.56. The number of carboxylic acid groups (broad SMARTS) is 1. The maximum atomic E-state index is 10.2. The lowest BCUT2D eigenvalue weighted by molar-refractivity contribution is -0.138. The fourth-order valence-corrected chi connectivity index (χ4v) is 0.643. The number of guanidine groups is 1. The number of hydrogen-bond donors (Lipinski definition) is 4. The van der Waals surface area contributed by atoms with E-state index < -0.39 is 12.0 Å². The molecule has 1 atom stereocenters. The molecular formula is C6H17ClN4O3. The molecule has 0 heterocycles. The molecule has 0 bridgehead atoms. The molecule has 0 aliphatic heterocycles. The molecule has 9 N–H and O–H groups in total. The monoisotopic (exact) mass is 228 g/mol. The van der Waals surface area contributed by atoms with Crippen LogP contribution in [0.4, 0.5) is 0 Å². The normalized spacial score (nSPS) is 10.4. The van der Waals surface area contributed by atoms with Crippen molar-refractivity contribution in [1.82, 2.24) is 0 Å². The van der Waals surface area contributed by atoms with Crippen LogP contribution in [0.1, 0.15) is 12.8 Å². The van der Waals surface area contributed by atoms with Gasteiger partial charge in [-0.05, 0) is 12.8 Å². The molecule has 0 saturated carbocycles. The van der Waals surface area contributed by atoms with Gasteiger partial charge in [-0.1, -0.05) is 0 Å². The van der Waals surface area contributed by atoms with Crippen molar-refractivity contribution in [3.05, 3.63) is 0 Å². The largest absolute Gasteiger partial charge is 0.480 e. The molecule has 0 amide bonds.